The lowest BCUT2D eigenvalue weighted by atomic mass is 10.1. The Hall–Kier alpha value is -1.49. The maximum atomic E-state index is 10.4. The first-order valence-corrected chi connectivity index (χ1v) is 6.40. The zero-order valence-corrected chi connectivity index (χ0v) is 10.5. The van der Waals surface area contributed by atoms with Gasteiger partial charge < -0.3 is 4.42 Å². The van der Waals surface area contributed by atoms with E-state index in [1.54, 1.807) is 12.1 Å². The molecule has 1 aromatic rings. The summed E-state index contributed by atoms with van der Waals surface area (Å²) >= 11 is 0. The highest BCUT2D eigenvalue weighted by Crippen LogP contribution is 2.07. The van der Waals surface area contributed by atoms with Crippen molar-refractivity contribution in [1.82, 2.24) is 0 Å². The lowest BCUT2D eigenvalue weighted by molar-refractivity contribution is 0.110. The normalized spacial score (nSPS) is 9.71. The molecule has 2 heteroatoms. The lowest BCUT2D eigenvalue weighted by Gasteiger charge is -1.96. The number of aldehydes is 1. The minimum atomic E-state index is 0.342. The molecule has 0 saturated heterocycles. The average Bonchev–Trinajstić information content (AvgIpc) is 2.80. The van der Waals surface area contributed by atoms with Gasteiger partial charge >= 0.3 is 0 Å². The fraction of sp³-hybridized carbons (Fsp3) is 0.533. The molecule has 0 bridgehead atoms. The van der Waals surface area contributed by atoms with E-state index in [-0.39, 0.29) is 0 Å². The van der Waals surface area contributed by atoms with E-state index >= 15 is 0 Å². The van der Waals surface area contributed by atoms with Gasteiger partial charge in [0.05, 0.1) is 0 Å². The maximum absolute atomic E-state index is 10.4. The van der Waals surface area contributed by atoms with Crippen LogP contribution >= 0.6 is 0 Å². The lowest BCUT2D eigenvalue weighted by Crippen LogP contribution is -1.78. The summed E-state index contributed by atoms with van der Waals surface area (Å²) in [6, 6.07) is 3.37. The van der Waals surface area contributed by atoms with E-state index in [2.05, 4.69) is 18.8 Å². The summed E-state index contributed by atoms with van der Waals surface area (Å²) in [7, 11) is 0. The Morgan fingerprint density at radius 2 is 1.94 bits per heavy atom. The molecule has 0 N–H and O–H groups in total. The third-order valence-corrected chi connectivity index (χ3v) is 2.61. The van der Waals surface area contributed by atoms with Crippen LogP contribution in [0, 0.1) is 11.8 Å². The van der Waals surface area contributed by atoms with Crippen molar-refractivity contribution < 1.29 is 9.21 Å². The quantitative estimate of drug-likeness (QED) is 0.401. The van der Waals surface area contributed by atoms with E-state index in [4.69, 9.17) is 4.42 Å². The largest absolute Gasteiger partial charge is 0.445 e. The van der Waals surface area contributed by atoms with Gasteiger partial charge in [-0.05, 0) is 24.5 Å². The van der Waals surface area contributed by atoms with Crippen LogP contribution in [0.25, 0.3) is 0 Å². The zero-order chi connectivity index (χ0) is 12.3. The Labute approximate surface area is 103 Å². The predicted molar refractivity (Wildman–Crippen MR) is 69.0 cm³/mol. The van der Waals surface area contributed by atoms with Crippen molar-refractivity contribution in [2.24, 2.45) is 0 Å². The first-order chi connectivity index (χ1) is 8.36. The summed E-state index contributed by atoms with van der Waals surface area (Å²) in [6.45, 7) is 2.22. The van der Waals surface area contributed by atoms with Crippen LogP contribution in [0.3, 0.4) is 0 Å². The van der Waals surface area contributed by atoms with E-state index in [9.17, 15) is 4.79 Å². The topological polar surface area (TPSA) is 30.2 Å². The fourth-order valence-electron chi connectivity index (χ4n) is 1.63. The van der Waals surface area contributed by atoms with Crippen molar-refractivity contribution in [3.05, 3.63) is 23.7 Å². The van der Waals surface area contributed by atoms with Crippen molar-refractivity contribution in [3.8, 4) is 11.8 Å². The van der Waals surface area contributed by atoms with E-state index in [1.165, 1.54) is 32.1 Å². The molecule has 0 spiro atoms. The Morgan fingerprint density at radius 1 is 1.18 bits per heavy atom. The molecule has 0 amide bonds. The number of furan rings is 1. The molecule has 17 heavy (non-hydrogen) atoms. The summed E-state index contributed by atoms with van der Waals surface area (Å²) < 4.78 is 5.15. The molecule has 0 radical (unpaired) electrons. The SMILES string of the molecule is CCCCCCCCC#Cc1ccc(C=O)o1. The van der Waals surface area contributed by atoms with Crippen molar-refractivity contribution in [3.63, 3.8) is 0 Å². The maximum Gasteiger partial charge on any atom is 0.185 e. The van der Waals surface area contributed by atoms with Crippen LogP contribution in [-0.2, 0) is 0 Å². The number of unbranched alkanes of at least 4 members (excludes halogenated alkanes) is 6. The molecule has 1 heterocycles. The zero-order valence-electron chi connectivity index (χ0n) is 10.5. The molecular weight excluding hydrogens is 212 g/mol. The molecule has 0 fully saturated rings. The average molecular weight is 232 g/mol. The van der Waals surface area contributed by atoms with Crippen LogP contribution in [0.5, 0.6) is 0 Å². The molecule has 0 aliphatic carbocycles. The van der Waals surface area contributed by atoms with Crippen LogP contribution in [-0.4, -0.2) is 6.29 Å². The van der Waals surface area contributed by atoms with Crippen molar-refractivity contribution >= 4 is 6.29 Å². The van der Waals surface area contributed by atoms with Gasteiger partial charge in [0, 0.05) is 6.42 Å². The highest BCUT2D eigenvalue weighted by molar-refractivity contribution is 5.70. The molecule has 1 aromatic heterocycles. The van der Waals surface area contributed by atoms with Crippen LogP contribution < -0.4 is 0 Å². The van der Waals surface area contributed by atoms with Gasteiger partial charge in [-0.1, -0.05) is 44.9 Å². The Bertz CT molecular complexity index is 379. The van der Waals surface area contributed by atoms with Crippen LogP contribution in [0.15, 0.2) is 16.5 Å². The van der Waals surface area contributed by atoms with Gasteiger partial charge in [0.2, 0.25) is 0 Å². The van der Waals surface area contributed by atoms with Gasteiger partial charge in [0.25, 0.3) is 0 Å². The second-order valence-corrected chi connectivity index (χ2v) is 4.14. The van der Waals surface area contributed by atoms with Crippen molar-refractivity contribution in [2.45, 2.75) is 51.9 Å². The Balaban J connectivity index is 2.12. The standard InChI is InChI=1S/C15H20O2/c1-2-3-4-5-6-7-8-9-10-14-11-12-15(13-16)17-14/h11-13H,2-8H2,1H3. The molecule has 0 aromatic carbocycles. The van der Waals surface area contributed by atoms with Gasteiger partial charge in [0.1, 0.15) is 0 Å². The molecule has 1 rings (SSSR count). The summed E-state index contributed by atoms with van der Waals surface area (Å²) in [5.41, 5.74) is 0. The van der Waals surface area contributed by atoms with E-state index in [0.29, 0.717) is 17.8 Å². The molecule has 0 aliphatic rings. The summed E-state index contributed by atoms with van der Waals surface area (Å²) in [6.07, 6.45) is 9.28. The minimum Gasteiger partial charge on any atom is -0.445 e. The smallest absolute Gasteiger partial charge is 0.185 e. The summed E-state index contributed by atoms with van der Waals surface area (Å²) in [4.78, 5) is 10.4. The van der Waals surface area contributed by atoms with Crippen molar-refractivity contribution in [2.75, 3.05) is 0 Å². The van der Waals surface area contributed by atoms with Gasteiger partial charge in [-0.15, -0.1) is 0 Å². The highest BCUT2D eigenvalue weighted by Gasteiger charge is 1.95. The first-order valence-electron chi connectivity index (χ1n) is 6.40. The van der Waals surface area contributed by atoms with Gasteiger partial charge in [-0.25, -0.2) is 0 Å². The number of rotatable bonds is 7. The van der Waals surface area contributed by atoms with E-state index in [0.717, 1.165) is 12.8 Å². The third kappa shape index (κ3) is 5.97. The Morgan fingerprint density at radius 3 is 2.65 bits per heavy atom. The summed E-state index contributed by atoms with van der Waals surface area (Å²) in [5, 5.41) is 0. The molecular formula is C15H20O2. The molecule has 0 unspecified atom stereocenters. The minimum absolute atomic E-state index is 0.342. The number of carbonyl (C=O) groups excluding carboxylic acids is 1. The number of hydrogen-bond acceptors (Lipinski definition) is 2. The van der Waals surface area contributed by atoms with Crippen molar-refractivity contribution in [1.29, 1.82) is 0 Å². The van der Waals surface area contributed by atoms with E-state index < -0.39 is 0 Å². The molecule has 2 nitrogen and oxygen atoms in total. The second kappa shape index (κ2) is 8.64. The van der Waals surface area contributed by atoms with Gasteiger partial charge in [0.15, 0.2) is 17.8 Å². The monoisotopic (exact) mass is 232 g/mol. The molecule has 92 valence electrons. The van der Waals surface area contributed by atoms with Gasteiger partial charge in [-0.3, -0.25) is 4.79 Å². The predicted octanol–water partition coefficient (Wildman–Crippen LogP) is 4.19. The summed E-state index contributed by atoms with van der Waals surface area (Å²) in [5.74, 6) is 6.92. The molecule has 0 saturated carbocycles. The van der Waals surface area contributed by atoms with Gasteiger partial charge in [-0.2, -0.15) is 0 Å². The number of hydrogen-bond donors (Lipinski definition) is 0. The van der Waals surface area contributed by atoms with Crippen LogP contribution in [0.4, 0.5) is 0 Å². The van der Waals surface area contributed by atoms with E-state index in [1.807, 2.05) is 0 Å². The Kier molecular flexibility index (Phi) is 6.90. The van der Waals surface area contributed by atoms with Crippen LogP contribution in [0.2, 0.25) is 0 Å². The second-order valence-electron chi connectivity index (χ2n) is 4.14. The molecule has 0 aliphatic heterocycles. The highest BCUT2D eigenvalue weighted by atomic mass is 16.3. The fourth-order valence-corrected chi connectivity index (χ4v) is 1.63. The third-order valence-electron chi connectivity index (χ3n) is 2.61. The van der Waals surface area contributed by atoms with Crippen LogP contribution in [0.1, 0.15) is 68.2 Å². The first kappa shape index (κ1) is 13.6. The number of carbonyl (C=O) groups is 1. The molecule has 0 atom stereocenters.